The largest absolute Gasteiger partial charge is 0.469 e. The SMILES string of the molecule is CCNC(=NCCCc1nnc2ccccn12)NCCc1ccco1.I. The number of guanidine groups is 1. The molecule has 0 bridgehead atoms. The van der Waals surface area contributed by atoms with Gasteiger partial charge < -0.3 is 15.1 Å². The van der Waals surface area contributed by atoms with Gasteiger partial charge in [-0.15, -0.1) is 34.2 Å². The summed E-state index contributed by atoms with van der Waals surface area (Å²) >= 11 is 0. The average molecular weight is 468 g/mol. The summed E-state index contributed by atoms with van der Waals surface area (Å²) in [5, 5.41) is 15.0. The third-order valence-electron chi connectivity index (χ3n) is 3.80. The van der Waals surface area contributed by atoms with Crippen molar-refractivity contribution < 1.29 is 4.42 Å². The maximum absolute atomic E-state index is 5.33. The van der Waals surface area contributed by atoms with E-state index in [1.807, 2.05) is 40.9 Å². The Morgan fingerprint density at radius 2 is 2.08 bits per heavy atom. The summed E-state index contributed by atoms with van der Waals surface area (Å²) in [5.41, 5.74) is 0.883. The Bertz CT molecular complexity index is 799. The quantitative estimate of drug-likeness (QED) is 0.230. The van der Waals surface area contributed by atoms with Crippen molar-refractivity contribution in [3.8, 4) is 0 Å². The first-order chi connectivity index (χ1) is 12.4. The van der Waals surface area contributed by atoms with E-state index in [1.165, 1.54) is 0 Å². The van der Waals surface area contributed by atoms with Crippen LogP contribution in [0.4, 0.5) is 0 Å². The number of fused-ring (bicyclic) bond motifs is 1. The van der Waals surface area contributed by atoms with E-state index >= 15 is 0 Å². The molecule has 3 aromatic heterocycles. The Balaban J connectivity index is 0.00000243. The van der Waals surface area contributed by atoms with E-state index in [0.29, 0.717) is 0 Å². The minimum Gasteiger partial charge on any atom is -0.469 e. The van der Waals surface area contributed by atoms with Crippen LogP contribution in [-0.4, -0.2) is 40.2 Å². The molecule has 7 nitrogen and oxygen atoms in total. The van der Waals surface area contributed by atoms with Gasteiger partial charge in [0.1, 0.15) is 11.6 Å². The van der Waals surface area contributed by atoms with E-state index in [-0.39, 0.29) is 24.0 Å². The van der Waals surface area contributed by atoms with Crippen LogP contribution in [0.5, 0.6) is 0 Å². The molecule has 0 amide bonds. The number of nitrogens with zero attached hydrogens (tertiary/aromatic N) is 4. The van der Waals surface area contributed by atoms with Crippen LogP contribution in [0, 0.1) is 0 Å². The second-order valence-corrected chi connectivity index (χ2v) is 5.67. The zero-order chi connectivity index (χ0) is 17.3. The highest BCUT2D eigenvalue weighted by Crippen LogP contribution is 2.05. The lowest BCUT2D eigenvalue weighted by Crippen LogP contribution is -2.38. The zero-order valence-corrected chi connectivity index (χ0v) is 17.2. The van der Waals surface area contributed by atoms with Gasteiger partial charge in [0.15, 0.2) is 11.6 Å². The number of aryl methyl sites for hydroxylation is 1. The summed E-state index contributed by atoms with van der Waals surface area (Å²) < 4.78 is 7.36. The molecular formula is C18H25IN6O. The van der Waals surface area contributed by atoms with Gasteiger partial charge in [-0.3, -0.25) is 9.39 Å². The van der Waals surface area contributed by atoms with E-state index in [2.05, 4.69) is 32.7 Å². The van der Waals surface area contributed by atoms with Gasteiger partial charge in [-0.25, -0.2) is 0 Å². The van der Waals surface area contributed by atoms with Gasteiger partial charge in [-0.1, -0.05) is 6.07 Å². The normalized spacial score (nSPS) is 11.3. The second-order valence-electron chi connectivity index (χ2n) is 5.67. The molecule has 0 atom stereocenters. The van der Waals surface area contributed by atoms with Gasteiger partial charge in [-0.2, -0.15) is 0 Å². The maximum Gasteiger partial charge on any atom is 0.191 e. The smallest absolute Gasteiger partial charge is 0.191 e. The van der Waals surface area contributed by atoms with Crippen LogP contribution in [0.3, 0.4) is 0 Å². The molecule has 0 fully saturated rings. The van der Waals surface area contributed by atoms with Crippen LogP contribution < -0.4 is 10.6 Å². The molecule has 0 unspecified atom stereocenters. The van der Waals surface area contributed by atoms with Crippen molar-refractivity contribution in [3.63, 3.8) is 0 Å². The number of hydrogen-bond donors (Lipinski definition) is 2. The van der Waals surface area contributed by atoms with Crippen LogP contribution in [0.15, 0.2) is 52.2 Å². The van der Waals surface area contributed by atoms with E-state index in [4.69, 9.17) is 4.42 Å². The predicted molar refractivity (Wildman–Crippen MR) is 113 cm³/mol. The topological polar surface area (TPSA) is 79.8 Å². The van der Waals surface area contributed by atoms with Gasteiger partial charge in [0, 0.05) is 38.7 Å². The molecule has 2 N–H and O–H groups in total. The fourth-order valence-corrected chi connectivity index (χ4v) is 2.59. The number of halogens is 1. The van der Waals surface area contributed by atoms with Crippen molar-refractivity contribution in [2.24, 2.45) is 4.99 Å². The fraction of sp³-hybridized carbons (Fsp3) is 0.389. The lowest BCUT2D eigenvalue weighted by Gasteiger charge is -2.10. The van der Waals surface area contributed by atoms with Crippen molar-refractivity contribution in [1.82, 2.24) is 25.2 Å². The highest BCUT2D eigenvalue weighted by molar-refractivity contribution is 14.0. The molecule has 0 radical (unpaired) electrons. The molecule has 0 aromatic carbocycles. The third-order valence-corrected chi connectivity index (χ3v) is 3.80. The van der Waals surface area contributed by atoms with Gasteiger partial charge in [0.25, 0.3) is 0 Å². The molecule has 3 rings (SSSR count). The first-order valence-corrected chi connectivity index (χ1v) is 8.70. The summed E-state index contributed by atoms with van der Waals surface area (Å²) in [5.74, 6) is 2.78. The summed E-state index contributed by atoms with van der Waals surface area (Å²) in [6, 6.07) is 9.80. The fourth-order valence-electron chi connectivity index (χ4n) is 2.59. The number of hydrogen-bond acceptors (Lipinski definition) is 4. The molecule has 0 saturated heterocycles. The highest BCUT2D eigenvalue weighted by atomic mass is 127. The Hall–Kier alpha value is -2.10. The minimum absolute atomic E-state index is 0. The molecule has 0 aliphatic heterocycles. The van der Waals surface area contributed by atoms with Crippen LogP contribution >= 0.6 is 24.0 Å². The van der Waals surface area contributed by atoms with E-state index in [9.17, 15) is 0 Å². The summed E-state index contributed by atoms with van der Waals surface area (Å²) in [7, 11) is 0. The average Bonchev–Trinajstić information content (AvgIpc) is 3.28. The van der Waals surface area contributed by atoms with E-state index in [1.54, 1.807) is 6.26 Å². The van der Waals surface area contributed by atoms with Gasteiger partial charge in [0.05, 0.1) is 6.26 Å². The molecule has 26 heavy (non-hydrogen) atoms. The summed E-state index contributed by atoms with van der Waals surface area (Å²) in [6.07, 6.45) is 6.30. The summed E-state index contributed by atoms with van der Waals surface area (Å²) in [6.45, 7) is 4.42. The number of furan rings is 1. The third kappa shape index (κ3) is 5.72. The van der Waals surface area contributed by atoms with Crippen LogP contribution in [-0.2, 0) is 12.8 Å². The van der Waals surface area contributed by atoms with Gasteiger partial charge in [-0.05, 0) is 37.6 Å². The molecule has 8 heteroatoms. The Kier molecular flexibility index (Phi) is 8.39. The minimum atomic E-state index is 0. The number of rotatable bonds is 8. The molecule has 0 aliphatic carbocycles. The Labute approximate surface area is 170 Å². The van der Waals surface area contributed by atoms with E-state index in [0.717, 1.165) is 62.1 Å². The summed E-state index contributed by atoms with van der Waals surface area (Å²) in [4.78, 5) is 4.62. The van der Waals surface area contributed by atoms with E-state index < -0.39 is 0 Å². The number of nitrogens with one attached hydrogen (secondary N) is 2. The van der Waals surface area contributed by atoms with Gasteiger partial charge >= 0.3 is 0 Å². The van der Waals surface area contributed by atoms with Crippen LogP contribution in [0.25, 0.3) is 5.65 Å². The highest BCUT2D eigenvalue weighted by Gasteiger charge is 2.04. The standard InChI is InChI=1S/C18H24N6O.HI/c1-2-19-18(21-12-10-15-7-6-14-25-15)20-11-5-9-17-23-22-16-8-3-4-13-24(16)17;/h3-4,6-8,13-14H,2,5,9-12H2,1H3,(H2,19,20,21);1H. The van der Waals surface area contributed by atoms with Crippen LogP contribution in [0.1, 0.15) is 24.9 Å². The van der Waals surface area contributed by atoms with Crippen molar-refractivity contribution in [2.75, 3.05) is 19.6 Å². The van der Waals surface area contributed by atoms with Crippen LogP contribution in [0.2, 0.25) is 0 Å². The molecule has 3 aromatic rings. The van der Waals surface area contributed by atoms with Crippen molar-refractivity contribution in [1.29, 1.82) is 0 Å². The lowest BCUT2D eigenvalue weighted by molar-refractivity contribution is 0.507. The Morgan fingerprint density at radius 1 is 1.15 bits per heavy atom. The van der Waals surface area contributed by atoms with Crippen molar-refractivity contribution >= 4 is 35.6 Å². The molecule has 140 valence electrons. The van der Waals surface area contributed by atoms with Gasteiger partial charge in [0.2, 0.25) is 0 Å². The maximum atomic E-state index is 5.33. The first kappa shape index (κ1) is 20.2. The predicted octanol–water partition coefficient (Wildman–Crippen LogP) is 2.67. The first-order valence-electron chi connectivity index (χ1n) is 8.70. The van der Waals surface area contributed by atoms with Crippen molar-refractivity contribution in [3.05, 3.63) is 54.4 Å². The van der Waals surface area contributed by atoms with Crippen molar-refractivity contribution in [2.45, 2.75) is 26.2 Å². The number of pyridine rings is 1. The molecule has 0 aliphatic rings. The molecule has 0 saturated carbocycles. The lowest BCUT2D eigenvalue weighted by atomic mass is 10.3. The number of aromatic nitrogens is 3. The molecular weight excluding hydrogens is 443 g/mol. The monoisotopic (exact) mass is 468 g/mol. The zero-order valence-electron chi connectivity index (χ0n) is 14.9. The molecule has 0 spiro atoms. The number of aliphatic imine (C=N–C) groups is 1. The molecule has 3 heterocycles. The Morgan fingerprint density at radius 3 is 2.88 bits per heavy atom. The second kappa shape index (κ2) is 10.8.